The molecule has 1 unspecified atom stereocenters. The standard InChI is InChI=1S/C23H32N2O3S/c1-16-9-11-21(12-10-16)25(29(6,27)28)13-7-8-23(26)24-20(5)22-15-18(3)17(2)14-19(22)4/h9-12,14-15,20H,7-8,13H2,1-6H3,(H,24,26). The molecule has 5 nitrogen and oxygen atoms in total. The van der Waals surface area contributed by atoms with E-state index in [9.17, 15) is 13.2 Å². The van der Waals surface area contributed by atoms with E-state index >= 15 is 0 Å². The summed E-state index contributed by atoms with van der Waals surface area (Å²) < 4.78 is 25.7. The lowest BCUT2D eigenvalue weighted by Gasteiger charge is -2.23. The van der Waals surface area contributed by atoms with Gasteiger partial charge in [-0.2, -0.15) is 0 Å². The highest BCUT2D eigenvalue weighted by Gasteiger charge is 2.18. The Bertz CT molecular complexity index is 966. The van der Waals surface area contributed by atoms with E-state index in [2.05, 4.69) is 38.2 Å². The van der Waals surface area contributed by atoms with Gasteiger partial charge < -0.3 is 5.32 Å². The van der Waals surface area contributed by atoms with Crippen molar-refractivity contribution in [2.75, 3.05) is 17.1 Å². The van der Waals surface area contributed by atoms with Crippen molar-refractivity contribution in [3.63, 3.8) is 0 Å². The van der Waals surface area contributed by atoms with Crippen molar-refractivity contribution < 1.29 is 13.2 Å². The Hall–Kier alpha value is -2.34. The van der Waals surface area contributed by atoms with Gasteiger partial charge in [0.25, 0.3) is 0 Å². The zero-order chi connectivity index (χ0) is 21.8. The fourth-order valence-corrected chi connectivity index (χ4v) is 4.39. The molecule has 1 N–H and O–H groups in total. The quantitative estimate of drug-likeness (QED) is 0.696. The SMILES string of the molecule is Cc1ccc(N(CCCC(=O)NC(C)c2cc(C)c(C)cc2C)S(C)(=O)=O)cc1. The van der Waals surface area contributed by atoms with Gasteiger partial charge in [-0.3, -0.25) is 9.10 Å². The second kappa shape index (κ2) is 9.44. The summed E-state index contributed by atoms with van der Waals surface area (Å²) in [6.07, 6.45) is 1.91. The molecule has 1 amide bonds. The zero-order valence-corrected chi connectivity index (χ0v) is 19.1. The molecular formula is C23H32N2O3S. The number of carbonyl (C=O) groups is 1. The summed E-state index contributed by atoms with van der Waals surface area (Å²) >= 11 is 0. The number of aryl methyl sites for hydroxylation is 4. The van der Waals surface area contributed by atoms with E-state index in [0.29, 0.717) is 12.1 Å². The largest absolute Gasteiger partial charge is 0.350 e. The van der Waals surface area contributed by atoms with Gasteiger partial charge in [-0.1, -0.05) is 29.8 Å². The fourth-order valence-electron chi connectivity index (χ4n) is 3.42. The van der Waals surface area contributed by atoms with E-state index < -0.39 is 10.0 Å². The second-order valence-corrected chi connectivity index (χ2v) is 9.76. The van der Waals surface area contributed by atoms with Crippen LogP contribution in [-0.4, -0.2) is 27.1 Å². The number of rotatable bonds is 8. The lowest BCUT2D eigenvalue weighted by molar-refractivity contribution is -0.121. The molecular weight excluding hydrogens is 384 g/mol. The van der Waals surface area contributed by atoms with Crippen LogP contribution in [0.3, 0.4) is 0 Å². The normalized spacial score (nSPS) is 12.5. The first-order chi connectivity index (χ1) is 13.5. The van der Waals surface area contributed by atoms with Crippen LogP contribution in [0.1, 0.15) is 53.6 Å². The Kier molecular flexibility index (Phi) is 7.47. The van der Waals surface area contributed by atoms with Crippen LogP contribution in [0.25, 0.3) is 0 Å². The van der Waals surface area contributed by atoms with Crippen LogP contribution < -0.4 is 9.62 Å². The molecule has 0 fully saturated rings. The molecule has 0 aliphatic heterocycles. The van der Waals surface area contributed by atoms with Gasteiger partial charge in [0, 0.05) is 13.0 Å². The third kappa shape index (κ3) is 6.32. The number of hydrogen-bond acceptors (Lipinski definition) is 3. The minimum Gasteiger partial charge on any atom is -0.350 e. The third-order valence-corrected chi connectivity index (χ3v) is 6.41. The molecule has 0 bridgehead atoms. The van der Waals surface area contributed by atoms with Crippen molar-refractivity contribution in [3.05, 3.63) is 64.2 Å². The smallest absolute Gasteiger partial charge is 0.232 e. The van der Waals surface area contributed by atoms with Crippen LogP contribution >= 0.6 is 0 Å². The highest BCUT2D eigenvalue weighted by atomic mass is 32.2. The maximum Gasteiger partial charge on any atom is 0.232 e. The summed E-state index contributed by atoms with van der Waals surface area (Å²) in [5, 5.41) is 3.04. The summed E-state index contributed by atoms with van der Waals surface area (Å²) in [5.74, 6) is -0.0764. The Morgan fingerprint density at radius 3 is 2.17 bits per heavy atom. The first kappa shape index (κ1) is 22.9. The number of nitrogens with zero attached hydrogens (tertiary/aromatic N) is 1. The van der Waals surface area contributed by atoms with Gasteiger partial charge >= 0.3 is 0 Å². The molecule has 0 radical (unpaired) electrons. The first-order valence-corrected chi connectivity index (χ1v) is 11.8. The van der Waals surface area contributed by atoms with Crippen molar-refractivity contribution in [2.24, 2.45) is 0 Å². The Morgan fingerprint density at radius 1 is 1.00 bits per heavy atom. The highest BCUT2D eigenvalue weighted by Crippen LogP contribution is 2.22. The molecule has 0 spiro atoms. The molecule has 0 aromatic heterocycles. The van der Waals surface area contributed by atoms with Crippen LogP contribution in [-0.2, 0) is 14.8 Å². The van der Waals surface area contributed by atoms with E-state index in [1.807, 2.05) is 26.0 Å². The van der Waals surface area contributed by atoms with Crippen molar-refractivity contribution in [1.29, 1.82) is 0 Å². The molecule has 0 saturated carbocycles. The number of hydrogen-bond donors (Lipinski definition) is 1. The number of nitrogens with one attached hydrogen (secondary N) is 1. The molecule has 2 aromatic rings. The maximum atomic E-state index is 12.4. The fraction of sp³-hybridized carbons (Fsp3) is 0.435. The van der Waals surface area contributed by atoms with E-state index in [-0.39, 0.29) is 24.9 Å². The van der Waals surface area contributed by atoms with Crippen molar-refractivity contribution >= 4 is 21.6 Å². The second-order valence-electron chi connectivity index (χ2n) is 7.86. The Morgan fingerprint density at radius 2 is 1.59 bits per heavy atom. The predicted molar refractivity (Wildman–Crippen MR) is 120 cm³/mol. The lowest BCUT2D eigenvalue weighted by atomic mass is 9.96. The van der Waals surface area contributed by atoms with Crippen LogP contribution in [0.15, 0.2) is 36.4 Å². The predicted octanol–water partition coefficient (Wildman–Crippen LogP) is 4.34. The van der Waals surface area contributed by atoms with Crippen LogP contribution in [0.5, 0.6) is 0 Å². The van der Waals surface area contributed by atoms with Gasteiger partial charge in [0.15, 0.2) is 0 Å². The van der Waals surface area contributed by atoms with Gasteiger partial charge in [-0.05, 0) is 75.4 Å². The van der Waals surface area contributed by atoms with E-state index in [0.717, 1.165) is 16.7 Å². The van der Waals surface area contributed by atoms with E-state index in [4.69, 9.17) is 0 Å². The molecule has 0 saturated heterocycles. The van der Waals surface area contributed by atoms with E-state index in [1.165, 1.54) is 21.7 Å². The van der Waals surface area contributed by atoms with Crippen LogP contribution in [0.4, 0.5) is 5.69 Å². The van der Waals surface area contributed by atoms with E-state index in [1.54, 1.807) is 12.1 Å². The molecule has 6 heteroatoms. The molecule has 29 heavy (non-hydrogen) atoms. The number of sulfonamides is 1. The Balaban J connectivity index is 1.97. The first-order valence-electron chi connectivity index (χ1n) is 9.90. The van der Waals surface area contributed by atoms with Gasteiger partial charge in [0.2, 0.25) is 15.9 Å². The topological polar surface area (TPSA) is 66.5 Å². The number of carbonyl (C=O) groups excluding carboxylic acids is 1. The molecule has 0 heterocycles. The minimum absolute atomic E-state index is 0.0764. The minimum atomic E-state index is -3.41. The molecule has 2 rings (SSSR count). The summed E-state index contributed by atoms with van der Waals surface area (Å²) in [6.45, 7) is 10.4. The molecule has 0 aliphatic rings. The summed E-state index contributed by atoms with van der Waals surface area (Å²) in [4.78, 5) is 12.4. The Labute approximate surface area is 175 Å². The van der Waals surface area contributed by atoms with Crippen LogP contribution in [0, 0.1) is 27.7 Å². The van der Waals surface area contributed by atoms with Gasteiger partial charge in [0.1, 0.15) is 0 Å². The summed E-state index contributed by atoms with van der Waals surface area (Å²) in [7, 11) is -3.41. The third-order valence-electron chi connectivity index (χ3n) is 5.21. The highest BCUT2D eigenvalue weighted by molar-refractivity contribution is 7.92. The lowest BCUT2D eigenvalue weighted by Crippen LogP contribution is -2.32. The van der Waals surface area contributed by atoms with Gasteiger partial charge in [0.05, 0.1) is 18.0 Å². The zero-order valence-electron chi connectivity index (χ0n) is 18.2. The van der Waals surface area contributed by atoms with Crippen molar-refractivity contribution in [2.45, 2.75) is 53.5 Å². The average Bonchev–Trinajstić information content (AvgIpc) is 2.61. The van der Waals surface area contributed by atoms with Crippen molar-refractivity contribution in [3.8, 4) is 0 Å². The molecule has 158 valence electrons. The van der Waals surface area contributed by atoms with Gasteiger partial charge in [-0.25, -0.2) is 8.42 Å². The number of benzene rings is 2. The maximum absolute atomic E-state index is 12.4. The summed E-state index contributed by atoms with van der Waals surface area (Å²) in [6, 6.07) is 11.5. The van der Waals surface area contributed by atoms with Crippen molar-refractivity contribution in [1.82, 2.24) is 5.32 Å². The van der Waals surface area contributed by atoms with Gasteiger partial charge in [-0.15, -0.1) is 0 Å². The molecule has 0 aliphatic carbocycles. The molecule has 2 aromatic carbocycles. The number of anilines is 1. The van der Waals surface area contributed by atoms with Crippen LogP contribution in [0.2, 0.25) is 0 Å². The number of amides is 1. The molecule has 1 atom stereocenters. The average molecular weight is 417 g/mol. The monoisotopic (exact) mass is 416 g/mol. The summed E-state index contributed by atoms with van der Waals surface area (Å²) in [5.41, 5.74) is 6.40.